The molecule has 21 heteroatoms. The van der Waals surface area contributed by atoms with Crippen LogP contribution in [0.4, 0.5) is 4.39 Å². The van der Waals surface area contributed by atoms with Gasteiger partial charge in [0, 0.05) is 12.3 Å². The molecule has 32 heavy (non-hydrogen) atoms. The molecule has 1 aliphatic heterocycles. The number of nitrogens with one attached hydrogen (secondary N) is 1. The van der Waals surface area contributed by atoms with Crippen molar-refractivity contribution in [2.45, 2.75) is 23.8 Å². The normalized spacial score (nSPS) is 32.2. The predicted octanol–water partition coefficient (Wildman–Crippen LogP) is -1.65. The van der Waals surface area contributed by atoms with Gasteiger partial charge in [-0.25, -0.2) is 22.9 Å². The Balaban J connectivity index is 2.28. The van der Waals surface area contributed by atoms with E-state index in [2.05, 4.69) is 19.7 Å². The Hall–Kier alpha value is -1.36. The second-order valence-corrected chi connectivity index (χ2v) is 10.6. The van der Waals surface area contributed by atoms with Crippen LogP contribution in [0.5, 0.6) is 0 Å². The summed E-state index contributed by atoms with van der Waals surface area (Å²) in [6.07, 6.45) is -3.44. The summed E-state index contributed by atoms with van der Waals surface area (Å²) in [4.78, 5) is 60.3. The first-order valence-electron chi connectivity index (χ1n) is 7.85. The molecule has 0 aliphatic carbocycles. The first-order valence-corrected chi connectivity index (χ1v) is 12.4. The van der Waals surface area contributed by atoms with Gasteiger partial charge in [-0.05, 0) is 0 Å². The molecule has 2 unspecified atom stereocenters. The van der Waals surface area contributed by atoms with Crippen LogP contribution in [-0.4, -0.2) is 63.5 Å². The van der Waals surface area contributed by atoms with Crippen LogP contribution in [0.15, 0.2) is 34.5 Å². The lowest BCUT2D eigenvalue weighted by Crippen LogP contribution is -2.50. The van der Waals surface area contributed by atoms with Gasteiger partial charge in [0.1, 0.15) is 6.61 Å². The lowest BCUT2D eigenvalue weighted by Gasteiger charge is -2.28. The maximum Gasteiger partial charge on any atom is 0.490 e. The molecule has 0 spiro atoms. The number of aromatic amines is 1. The van der Waals surface area contributed by atoms with Crippen molar-refractivity contribution in [3.63, 3.8) is 0 Å². The molecule has 0 amide bonds. The molecule has 1 aromatic heterocycles. The third-order valence-electron chi connectivity index (χ3n) is 3.82. The summed E-state index contributed by atoms with van der Waals surface area (Å²) in [6, 6.07) is 0.783. The standard InChI is InChI=1S/C11H16FN2O15P3/c1-2-10(18)7(16)11(12,27-8(10)14-4-3-6(15)13-9(14)17)5-26-31(22,23)29-32(24,25)28-30(19,20)21/h2-4,7-8,16,18H,1,5H2,(H,22,23)(H,24,25)(H,13,15,17)(H2,19,20,21)/t7-,8+,10+,11+/m0/s1. The fourth-order valence-electron chi connectivity index (χ4n) is 2.51. The third kappa shape index (κ3) is 5.95. The van der Waals surface area contributed by atoms with E-state index in [1.54, 1.807) is 4.98 Å². The Morgan fingerprint density at radius 3 is 2.31 bits per heavy atom. The van der Waals surface area contributed by atoms with Crippen LogP contribution in [0.1, 0.15) is 6.23 Å². The van der Waals surface area contributed by atoms with E-state index in [0.29, 0.717) is 10.6 Å². The number of phosphoric acid groups is 3. The summed E-state index contributed by atoms with van der Waals surface area (Å²) >= 11 is 0. The molecule has 17 nitrogen and oxygen atoms in total. The number of aliphatic hydroxyl groups excluding tert-OH is 1. The van der Waals surface area contributed by atoms with Gasteiger partial charge in [-0.15, -0.1) is 0 Å². The predicted molar refractivity (Wildman–Crippen MR) is 96.3 cm³/mol. The maximum absolute atomic E-state index is 15.2. The minimum atomic E-state index is -5.91. The van der Waals surface area contributed by atoms with E-state index in [9.17, 15) is 38.4 Å². The largest absolute Gasteiger partial charge is 0.490 e. The van der Waals surface area contributed by atoms with Crippen molar-refractivity contribution in [3.05, 3.63) is 45.8 Å². The number of hydrogen-bond donors (Lipinski definition) is 7. The van der Waals surface area contributed by atoms with E-state index in [4.69, 9.17) is 19.4 Å². The number of aliphatic hydroxyl groups is 2. The lowest BCUT2D eigenvalue weighted by atomic mass is 9.93. The number of hydrogen-bond acceptors (Lipinski definition) is 11. The summed E-state index contributed by atoms with van der Waals surface area (Å²) in [6.45, 7) is 1.37. The molecule has 0 saturated carbocycles. The van der Waals surface area contributed by atoms with Crippen molar-refractivity contribution in [1.29, 1.82) is 0 Å². The minimum Gasteiger partial charge on any atom is -0.383 e. The van der Waals surface area contributed by atoms with Gasteiger partial charge >= 0.3 is 29.2 Å². The first-order chi connectivity index (χ1) is 14.3. The van der Waals surface area contributed by atoms with Gasteiger partial charge in [-0.3, -0.25) is 18.9 Å². The molecule has 0 aromatic carbocycles. The first kappa shape index (κ1) is 26.9. The van der Waals surface area contributed by atoms with Crippen molar-refractivity contribution >= 4 is 23.5 Å². The SMILES string of the molecule is C=C[C@]1(O)[C@H](n2ccc(=O)[nH]c2=O)O[C@](F)(COP(=O)(O)OP(=O)(O)OP(=O)(O)O)[C@H]1O. The van der Waals surface area contributed by atoms with Crippen LogP contribution in [0.3, 0.4) is 0 Å². The Bertz CT molecular complexity index is 1150. The summed E-state index contributed by atoms with van der Waals surface area (Å²) in [5.41, 5.74) is -4.87. The number of H-pyrrole nitrogens is 1. The van der Waals surface area contributed by atoms with Gasteiger partial charge in [0.25, 0.3) is 11.4 Å². The quantitative estimate of drug-likeness (QED) is 0.140. The molecule has 6 atom stereocenters. The number of nitrogens with zero attached hydrogens (tertiary/aromatic N) is 1. The molecule has 182 valence electrons. The smallest absolute Gasteiger partial charge is 0.383 e. The number of halogens is 1. The summed E-state index contributed by atoms with van der Waals surface area (Å²) in [5, 5.41) is 20.8. The lowest BCUT2D eigenvalue weighted by molar-refractivity contribution is -0.204. The van der Waals surface area contributed by atoms with Crippen LogP contribution in [0.25, 0.3) is 0 Å². The van der Waals surface area contributed by atoms with Crippen LogP contribution < -0.4 is 11.2 Å². The zero-order valence-electron chi connectivity index (χ0n) is 15.3. The second kappa shape index (κ2) is 8.77. The van der Waals surface area contributed by atoms with Gasteiger partial charge in [-0.2, -0.15) is 8.62 Å². The van der Waals surface area contributed by atoms with Crippen molar-refractivity contribution < 1.29 is 65.8 Å². The van der Waals surface area contributed by atoms with Crippen LogP contribution in [0, 0.1) is 0 Å². The Morgan fingerprint density at radius 1 is 1.22 bits per heavy atom. The summed E-state index contributed by atoms with van der Waals surface area (Å²) in [7, 11) is -17.4. The van der Waals surface area contributed by atoms with Gasteiger partial charge in [0.15, 0.2) is 17.9 Å². The summed E-state index contributed by atoms with van der Waals surface area (Å²) < 4.78 is 65.0. The van der Waals surface area contributed by atoms with Gasteiger partial charge in [0.2, 0.25) is 0 Å². The molecule has 7 N–H and O–H groups in total. The minimum absolute atomic E-state index is 0.443. The molecule has 1 aliphatic rings. The molecule has 0 radical (unpaired) electrons. The van der Waals surface area contributed by atoms with E-state index in [1.165, 1.54) is 0 Å². The number of ether oxygens (including phenoxy) is 1. The maximum atomic E-state index is 15.2. The second-order valence-electron chi connectivity index (χ2n) is 6.13. The van der Waals surface area contributed by atoms with Gasteiger partial charge < -0.3 is 34.5 Å². The third-order valence-corrected chi connectivity index (χ3v) is 7.60. The zero-order chi connectivity index (χ0) is 24.8. The molecule has 0 bridgehead atoms. The number of aromatic nitrogens is 2. The van der Waals surface area contributed by atoms with Crippen LogP contribution >= 0.6 is 23.5 Å². The average Bonchev–Trinajstić information content (AvgIpc) is 2.80. The fraction of sp³-hybridized carbons (Fsp3) is 0.455. The average molecular weight is 528 g/mol. The highest BCUT2D eigenvalue weighted by Crippen LogP contribution is 2.66. The van der Waals surface area contributed by atoms with Gasteiger partial charge in [-0.1, -0.05) is 12.7 Å². The van der Waals surface area contributed by atoms with E-state index >= 15 is 4.39 Å². The molecule has 2 heterocycles. The molecule has 1 saturated heterocycles. The molecular weight excluding hydrogens is 512 g/mol. The van der Waals surface area contributed by atoms with E-state index in [1.807, 2.05) is 0 Å². The molecule has 1 fully saturated rings. The highest BCUT2D eigenvalue weighted by Gasteiger charge is 2.65. The van der Waals surface area contributed by atoms with Crippen molar-refractivity contribution in [1.82, 2.24) is 9.55 Å². The molecule has 1 aromatic rings. The number of alkyl halides is 1. The zero-order valence-corrected chi connectivity index (χ0v) is 18.0. The number of rotatable bonds is 9. The van der Waals surface area contributed by atoms with Crippen LogP contribution in [0.2, 0.25) is 0 Å². The Labute approximate surface area is 175 Å². The molecule has 2 rings (SSSR count). The Kier molecular flexibility index (Phi) is 7.37. The van der Waals surface area contributed by atoms with E-state index in [0.717, 1.165) is 12.3 Å². The van der Waals surface area contributed by atoms with Crippen molar-refractivity contribution in [2.24, 2.45) is 0 Å². The highest BCUT2D eigenvalue weighted by molar-refractivity contribution is 7.66. The molecular formula is C11H16FN2O15P3. The van der Waals surface area contributed by atoms with Crippen molar-refractivity contribution in [3.8, 4) is 0 Å². The number of phosphoric ester groups is 1. The van der Waals surface area contributed by atoms with Gasteiger partial charge in [0.05, 0.1) is 0 Å². The van der Waals surface area contributed by atoms with E-state index in [-0.39, 0.29) is 0 Å². The Morgan fingerprint density at radius 2 is 1.81 bits per heavy atom. The van der Waals surface area contributed by atoms with Crippen LogP contribution in [-0.2, 0) is 31.6 Å². The summed E-state index contributed by atoms with van der Waals surface area (Å²) in [5.74, 6) is -3.60. The van der Waals surface area contributed by atoms with E-state index < -0.39 is 65.1 Å². The van der Waals surface area contributed by atoms with Crippen molar-refractivity contribution in [2.75, 3.05) is 6.61 Å². The topological polar surface area (TPSA) is 264 Å². The monoisotopic (exact) mass is 528 g/mol. The fourth-order valence-corrected chi connectivity index (χ4v) is 5.55. The highest BCUT2D eigenvalue weighted by atomic mass is 31.3.